The van der Waals surface area contributed by atoms with E-state index in [0.717, 1.165) is 23.4 Å². The Hall–Kier alpha value is -2.53. The van der Waals surface area contributed by atoms with Gasteiger partial charge >= 0.3 is 0 Å². The van der Waals surface area contributed by atoms with Crippen LogP contribution in [0.25, 0.3) is 0 Å². The molecule has 1 aliphatic rings. The zero-order valence-corrected chi connectivity index (χ0v) is 14.4. The Morgan fingerprint density at radius 3 is 2.54 bits per heavy atom. The van der Waals surface area contributed by atoms with Gasteiger partial charge in [0.1, 0.15) is 17.3 Å². The first-order valence-corrected chi connectivity index (χ1v) is 8.10. The molecular formula is C19H24N4O. The van der Waals surface area contributed by atoms with Crippen LogP contribution >= 0.6 is 0 Å². The maximum absolute atomic E-state index is 6.39. The van der Waals surface area contributed by atoms with E-state index in [2.05, 4.69) is 34.2 Å². The first-order chi connectivity index (χ1) is 11.4. The first-order valence-electron chi connectivity index (χ1n) is 8.10. The summed E-state index contributed by atoms with van der Waals surface area (Å²) in [6, 6.07) is 14.2. The second-order valence-corrected chi connectivity index (χ2v) is 6.40. The molecule has 0 radical (unpaired) electrons. The smallest absolute Gasteiger partial charge is 0.153 e. The molecule has 126 valence electrons. The highest BCUT2D eigenvalue weighted by molar-refractivity contribution is 5.89. The number of hydrogen-bond acceptors (Lipinski definition) is 5. The van der Waals surface area contributed by atoms with Crippen molar-refractivity contribution in [3.63, 3.8) is 0 Å². The number of nitrogens with two attached hydrogens (primary N) is 2. The summed E-state index contributed by atoms with van der Waals surface area (Å²) in [6.07, 6.45) is 0.579. The van der Waals surface area contributed by atoms with Gasteiger partial charge in [-0.3, -0.25) is 0 Å². The van der Waals surface area contributed by atoms with Gasteiger partial charge in [0, 0.05) is 25.8 Å². The van der Waals surface area contributed by atoms with Crippen LogP contribution in [-0.4, -0.2) is 26.0 Å². The van der Waals surface area contributed by atoms with Gasteiger partial charge in [0.15, 0.2) is 6.10 Å². The highest BCUT2D eigenvalue weighted by Crippen LogP contribution is 2.34. The lowest BCUT2D eigenvalue weighted by Gasteiger charge is -2.22. The molecule has 0 aliphatic carbocycles. The van der Waals surface area contributed by atoms with E-state index in [-0.39, 0.29) is 12.1 Å². The second kappa shape index (κ2) is 6.53. The third kappa shape index (κ3) is 3.36. The van der Waals surface area contributed by atoms with E-state index < -0.39 is 0 Å². The van der Waals surface area contributed by atoms with Crippen molar-refractivity contribution in [1.29, 1.82) is 0 Å². The topological polar surface area (TPSA) is 76.9 Å². The summed E-state index contributed by atoms with van der Waals surface area (Å²) in [5, 5.41) is 0. The maximum atomic E-state index is 6.39. The van der Waals surface area contributed by atoms with E-state index in [1.54, 1.807) is 0 Å². The molecule has 5 nitrogen and oxygen atoms in total. The third-order valence-electron chi connectivity index (χ3n) is 4.29. The molecule has 0 spiro atoms. The number of hydrogen-bond donors (Lipinski definition) is 2. The van der Waals surface area contributed by atoms with Crippen LogP contribution in [-0.2, 0) is 6.42 Å². The minimum absolute atomic E-state index is 0.101. The van der Waals surface area contributed by atoms with E-state index in [0.29, 0.717) is 5.84 Å². The van der Waals surface area contributed by atoms with Gasteiger partial charge in [0.2, 0.25) is 0 Å². The Bertz CT molecular complexity index is 752. The lowest BCUT2D eigenvalue weighted by Crippen LogP contribution is -2.33. The average Bonchev–Trinajstić information content (AvgIpc) is 2.56. The quantitative estimate of drug-likeness (QED) is 0.906. The fourth-order valence-electron chi connectivity index (χ4n) is 2.73. The molecule has 2 aromatic rings. The molecule has 1 aliphatic heterocycles. The molecule has 0 fully saturated rings. The molecule has 3 rings (SSSR count). The summed E-state index contributed by atoms with van der Waals surface area (Å²) < 4.78 is 5.73. The number of nitrogens with zero attached hydrogens (tertiary/aromatic N) is 2. The lowest BCUT2D eigenvalue weighted by molar-refractivity contribution is 0.281. The molecule has 24 heavy (non-hydrogen) atoms. The SMILES string of the molecule is CC1Oc2ccc(C(N)Cc3ccc(N(C)C)cc3)cc2N=C1N. The van der Waals surface area contributed by atoms with Crippen LogP contribution in [0.1, 0.15) is 24.1 Å². The zero-order chi connectivity index (χ0) is 17.3. The molecule has 0 aromatic heterocycles. The normalized spacial score (nSPS) is 17.5. The minimum Gasteiger partial charge on any atom is -0.481 e. The van der Waals surface area contributed by atoms with Crippen LogP contribution in [0.2, 0.25) is 0 Å². The largest absolute Gasteiger partial charge is 0.481 e. The van der Waals surface area contributed by atoms with Gasteiger partial charge in [0.05, 0.1) is 0 Å². The van der Waals surface area contributed by atoms with Crippen LogP contribution < -0.4 is 21.1 Å². The third-order valence-corrected chi connectivity index (χ3v) is 4.29. The van der Waals surface area contributed by atoms with Crippen molar-refractivity contribution >= 4 is 17.2 Å². The Labute approximate surface area is 142 Å². The van der Waals surface area contributed by atoms with Crippen molar-refractivity contribution in [2.24, 2.45) is 16.5 Å². The molecule has 2 aromatic carbocycles. The Kier molecular flexibility index (Phi) is 4.44. The summed E-state index contributed by atoms with van der Waals surface area (Å²) in [5.41, 5.74) is 16.4. The molecule has 2 unspecified atom stereocenters. The fraction of sp³-hybridized carbons (Fsp3) is 0.316. The number of aliphatic imine (C=N–C) groups is 1. The molecule has 5 heteroatoms. The van der Waals surface area contributed by atoms with Crippen molar-refractivity contribution in [3.8, 4) is 5.75 Å². The van der Waals surface area contributed by atoms with Gasteiger partial charge in [0.25, 0.3) is 0 Å². The Morgan fingerprint density at radius 1 is 1.17 bits per heavy atom. The highest BCUT2D eigenvalue weighted by atomic mass is 16.5. The summed E-state index contributed by atoms with van der Waals surface area (Å²) in [6.45, 7) is 1.89. The standard InChI is InChI=1S/C19H24N4O/c1-12-19(21)22-17-11-14(6-9-18(17)24-12)16(20)10-13-4-7-15(8-5-13)23(2)3/h4-9,11-12,16H,10,20H2,1-3H3,(H2,21,22). The zero-order valence-electron chi connectivity index (χ0n) is 14.4. The molecule has 0 bridgehead atoms. The van der Waals surface area contributed by atoms with Gasteiger partial charge < -0.3 is 21.1 Å². The number of ether oxygens (including phenoxy) is 1. The predicted molar refractivity (Wildman–Crippen MR) is 99.2 cm³/mol. The Balaban J connectivity index is 1.77. The van der Waals surface area contributed by atoms with Crippen LogP contribution in [0.4, 0.5) is 11.4 Å². The highest BCUT2D eigenvalue weighted by Gasteiger charge is 2.19. The molecule has 0 saturated carbocycles. The van der Waals surface area contributed by atoms with Gasteiger partial charge in [-0.2, -0.15) is 0 Å². The van der Waals surface area contributed by atoms with Crippen molar-refractivity contribution in [1.82, 2.24) is 0 Å². The van der Waals surface area contributed by atoms with Gasteiger partial charge in [-0.05, 0) is 48.7 Å². The molecule has 2 atom stereocenters. The second-order valence-electron chi connectivity index (χ2n) is 6.40. The van der Waals surface area contributed by atoms with Crippen LogP contribution in [0.5, 0.6) is 5.75 Å². The van der Waals surface area contributed by atoms with Gasteiger partial charge in [-0.15, -0.1) is 0 Å². The summed E-state index contributed by atoms with van der Waals surface area (Å²) in [5.74, 6) is 1.25. The number of anilines is 1. The van der Waals surface area contributed by atoms with E-state index in [9.17, 15) is 0 Å². The maximum Gasteiger partial charge on any atom is 0.153 e. The number of benzene rings is 2. The Morgan fingerprint density at radius 2 is 1.88 bits per heavy atom. The first kappa shape index (κ1) is 16.3. The summed E-state index contributed by atoms with van der Waals surface area (Å²) in [4.78, 5) is 6.50. The van der Waals surface area contributed by atoms with E-state index in [1.165, 1.54) is 11.3 Å². The molecule has 1 heterocycles. The number of rotatable bonds is 4. The monoisotopic (exact) mass is 324 g/mol. The molecule has 0 amide bonds. The van der Waals surface area contributed by atoms with E-state index >= 15 is 0 Å². The predicted octanol–water partition coefficient (Wildman–Crippen LogP) is 2.76. The van der Waals surface area contributed by atoms with Crippen molar-refractivity contribution in [3.05, 3.63) is 53.6 Å². The van der Waals surface area contributed by atoms with Crippen LogP contribution in [0, 0.1) is 0 Å². The average molecular weight is 324 g/mol. The molecule has 0 saturated heterocycles. The lowest BCUT2D eigenvalue weighted by atomic mass is 9.98. The van der Waals surface area contributed by atoms with Crippen molar-refractivity contribution < 1.29 is 4.74 Å². The summed E-state index contributed by atoms with van der Waals surface area (Å²) >= 11 is 0. The number of fused-ring (bicyclic) bond motifs is 1. The molecule has 4 N–H and O–H groups in total. The minimum atomic E-state index is -0.188. The van der Waals surface area contributed by atoms with Crippen LogP contribution in [0.15, 0.2) is 47.5 Å². The van der Waals surface area contributed by atoms with Crippen LogP contribution in [0.3, 0.4) is 0 Å². The van der Waals surface area contributed by atoms with Crippen molar-refractivity contribution in [2.45, 2.75) is 25.5 Å². The van der Waals surface area contributed by atoms with E-state index in [4.69, 9.17) is 16.2 Å². The van der Waals surface area contributed by atoms with Gasteiger partial charge in [-0.25, -0.2) is 4.99 Å². The van der Waals surface area contributed by atoms with Gasteiger partial charge in [-0.1, -0.05) is 18.2 Å². The molecular weight excluding hydrogens is 300 g/mol. The van der Waals surface area contributed by atoms with Crippen molar-refractivity contribution in [2.75, 3.05) is 19.0 Å². The summed E-state index contributed by atoms with van der Waals surface area (Å²) in [7, 11) is 4.06. The number of amidine groups is 1. The van der Waals surface area contributed by atoms with E-state index in [1.807, 2.05) is 39.2 Å². The fourth-order valence-corrected chi connectivity index (χ4v) is 2.73.